The van der Waals surface area contributed by atoms with Gasteiger partial charge in [-0.25, -0.2) is 9.97 Å². The Bertz CT molecular complexity index is 753. The van der Waals surface area contributed by atoms with Gasteiger partial charge in [-0.3, -0.25) is 4.40 Å². The second kappa shape index (κ2) is 4.44. The van der Waals surface area contributed by atoms with Crippen molar-refractivity contribution < 1.29 is 4.74 Å². The minimum absolute atomic E-state index is 0.498. The first kappa shape index (κ1) is 11.8. The predicted octanol–water partition coefficient (Wildman–Crippen LogP) is 2.64. The zero-order chi connectivity index (χ0) is 13.4. The van der Waals surface area contributed by atoms with Gasteiger partial charge in [-0.2, -0.15) is 0 Å². The normalized spacial score (nSPS) is 10.8. The van der Waals surface area contributed by atoms with Crippen LogP contribution < -0.4 is 10.5 Å². The second-order valence-electron chi connectivity index (χ2n) is 3.96. The number of methoxy groups -OCH3 is 1. The molecular formula is C13H11ClN4O. The predicted molar refractivity (Wildman–Crippen MR) is 74.4 cm³/mol. The van der Waals surface area contributed by atoms with E-state index >= 15 is 0 Å². The van der Waals surface area contributed by atoms with Crippen LogP contribution >= 0.6 is 11.6 Å². The highest BCUT2D eigenvalue weighted by Crippen LogP contribution is 2.28. The van der Waals surface area contributed by atoms with Gasteiger partial charge in [0.05, 0.1) is 17.8 Å². The van der Waals surface area contributed by atoms with Gasteiger partial charge in [-0.05, 0) is 18.2 Å². The number of pyridine rings is 2. The van der Waals surface area contributed by atoms with Crippen molar-refractivity contribution in [1.29, 1.82) is 0 Å². The third-order valence-corrected chi connectivity index (χ3v) is 3.11. The summed E-state index contributed by atoms with van der Waals surface area (Å²) >= 11 is 6.10. The number of nitrogens with zero attached hydrogens (tertiary/aromatic N) is 3. The number of imidazole rings is 1. The quantitative estimate of drug-likeness (QED) is 0.780. The van der Waals surface area contributed by atoms with Crippen molar-refractivity contribution >= 4 is 23.1 Å². The zero-order valence-electron chi connectivity index (χ0n) is 10.2. The average Bonchev–Trinajstić information content (AvgIpc) is 2.78. The Morgan fingerprint density at radius 2 is 2.05 bits per heavy atom. The molecule has 0 aromatic carbocycles. The van der Waals surface area contributed by atoms with Crippen LogP contribution in [0.3, 0.4) is 0 Å². The Balaban J connectivity index is 2.25. The monoisotopic (exact) mass is 274 g/mol. The van der Waals surface area contributed by atoms with Crippen LogP contribution in [0.5, 0.6) is 5.88 Å². The molecule has 3 aromatic heterocycles. The lowest BCUT2D eigenvalue weighted by Crippen LogP contribution is -1.95. The maximum atomic E-state index is 6.10. The molecule has 0 unspecified atom stereocenters. The molecular weight excluding hydrogens is 264 g/mol. The van der Waals surface area contributed by atoms with Gasteiger partial charge in [0.15, 0.2) is 5.65 Å². The summed E-state index contributed by atoms with van der Waals surface area (Å²) in [5.74, 6) is 1.01. The van der Waals surface area contributed by atoms with E-state index in [1.165, 1.54) is 0 Å². The minimum Gasteiger partial charge on any atom is -0.481 e. The highest BCUT2D eigenvalue weighted by atomic mass is 35.5. The molecule has 0 bridgehead atoms. The number of nitrogen functional groups attached to an aromatic ring is 1. The number of fused-ring (bicyclic) bond motifs is 1. The second-order valence-corrected chi connectivity index (χ2v) is 4.37. The van der Waals surface area contributed by atoms with E-state index in [-0.39, 0.29) is 0 Å². The van der Waals surface area contributed by atoms with Crippen molar-refractivity contribution in [3.8, 4) is 17.3 Å². The van der Waals surface area contributed by atoms with Crippen molar-refractivity contribution in [1.82, 2.24) is 14.4 Å². The third-order valence-electron chi connectivity index (χ3n) is 2.81. The Morgan fingerprint density at radius 1 is 1.21 bits per heavy atom. The van der Waals surface area contributed by atoms with Crippen LogP contribution in [-0.2, 0) is 0 Å². The van der Waals surface area contributed by atoms with Gasteiger partial charge in [0.25, 0.3) is 0 Å². The fourth-order valence-corrected chi connectivity index (χ4v) is 2.11. The molecule has 2 N–H and O–H groups in total. The van der Waals surface area contributed by atoms with E-state index in [1.54, 1.807) is 23.6 Å². The van der Waals surface area contributed by atoms with Crippen molar-refractivity contribution in [2.24, 2.45) is 0 Å². The maximum absolute atomic E-state index is 6.10. The molecule has 3 aromatic rings. The summed E-state index contributed by atoms with van der Waals surface area (Å²) in [5.41, 5.74) is 7.94. The Hall–Kier alpha value is -2.27. The van der Waals surface area contributed by atoms with E-state index in [0.717, 1.165) is 0 Å². The molecule has 0 aliphatic carbocycles. The van der Waals surface area contributed by atoms with Crippen molar-refractivity contribution in [3.63, 3.8) is 0 Å². The van der Waals surface area contributed by atoms with E-state index in [0.29, 0.717) is 33.8 Å². The molecule has 19 heavy (non-hydrogen) atoms. The molecule has 3 rings (SSSR count). The smallest absolute Gasteiger partial charge is 0.213 e. The lowest BCUT2D eigenvalue weighted by atomic mass is 10.3. The highest BCUT2D eigenvalue weighted by molar-refractivity contribution is 6.33. The van der Waals surface area contributed by atoms with Crippen molar-refractivity contribution in [2.75, 3.05) is 12.8 Å². The molecule has 6 heteroatoms. The van der Waals surface area contributed by atoms with Crippen LogP contribution in [-0.4, -0.2) is 21.5 Å². The molecule has 96 valence electrons. The van der Waals surface area contributed by atoms with Gasteiger partial charge in [0.1, 0.15) is 11.5 Å². The van der Waals surface area contributed by atoms with Crippen LogP contribution in [0.1, 0.15) is 0 Å². The summed E-state index contributed by atoms with van der Waals surface area (Å²) in [6.45, 7) is 0. The van der Waals surface area contributed by atoms with Crippen molar-refractivity contribution in [3.05, 3.63) is 41.6 Å². The van der Waals surface area contributed by atoms with Gasteiger partial charge >= 0.3 is 0 Å². The zero-order valence-corrected chi connectivity index (χ0v) is 10.9. The van der Waals surface area contributed by atoms with Crippen LogP contribution in [0.4, 0.5) is 5.82 Å². The molecule has 0 radical (unpaired) electrons. The SMILES string of the molecule is COc1cccc(-c2nc3c(Cl)cccn3c2N)n1. The molecule has 0 saturated carbocycles. The van der Waals surface area contributed by atoms with E-state index in [4.69, 9.17) is 22.1 Å². The van der Waals surface area contributed by atoms with Gasteiger partial charge < -0.3 is 10.5 Å². The lowest BCUT2D eigenvalue weighted by Gasteiger charge is -2.01. The lowest BCUT2D eigenvalue weighted by molar-refractivity contribution is 0.398. The first-order valence-corrected chi connectivity index (χ1v) is 6.02. The van der Waals surface area contributed by atoms with Gasteiger partial charge in [0.2, 0.25) is 5.88 Å². The van der Waals surface area contributed by atoms with Gasteiger partial charge in [0, 0.05) is 12.3 Å². The molecule has 0 atom stereocenters. The molecule has 0 spiro atoms. The summed E-state index contributed by atoms with van der Waals surface area (Å²) in [5, 5.41) is 0.545. The highest BCUT2D eigenvalue weighted by Gasteiger charge is 2.14. The first-order chi connectivity index (χ1) is 9.20. The summed E-state index contributed by atoms with van der Waals surface area (Å²) in [6, 6.07) is 9.02. The largest absolute Gasteiger partial charge is 0.481 e. The number of aromatic nitrogens is 3. The molecule has 0 amide bonds. The van der Waals surface area contributed by atoms with E-state index < -0.39 is 0 Å². The number of rotatable bonds is 2. The van der Waals surface area contributed by atoms with E-state index in [9.17, 15) is 0 Å². The third kappa shape index (κ3) is 1.88. The Morgan fingerprint density at radius 3 is 2.79 bits per heavy atom. The van der Waals surface area contributed by atoms with E-state index in [1.807, 2.05) is 24.4 Å². The summed E-state index contributed by atoms with van der Waals surface area (Å²) < 4.78 is 6.84. The molecule has 5 nitrogen and oxygen atoms in total. The van der Waals surface area contributed by atoms with Crippen molar-refractivity contribution in [2.45, 2.75) is 0 Å². The van der Waals surface area contributed by atoms with Crippen LogP contribution in [0.2, 0.25) is 5.02 Å². The number of nitrogens with two attached hydrogens (primary N) is 1. The number of anilines is 1. The van der Waals surface area contributed by atoms with Crippen LogP contribution in [0, 0.1) is 0 Å². The summed E-state index contributed by atoms with van der Waals surface area (Å²) in [4.78, 5) is 8.77. The van der Waals surface area contributed by atoms with Crippen LogP contribution in [0.15, 0.2) is 36.5 Å². The fourth-order valence-electron chi connectivity index (χ4n) is 1.90. The van der Waals surface area contributed by atoms with Gasteiger partial charge in [-0.1, -0.05) is 17.7 Å². The standard InChI is InChI=1S/C13H11ClN4O/c1-19-10-6-2-5-9(16-10)11-12(15)18-7-3-4-8(14)13(18)17-11/h2-7H,15H2,1H3. The van der Waals surface area contributed by atoms with Crippen LogP contribution in [0.25, 0.3) is 17.0 Å². The minimum atomic E-state index is 0.498. The topological polar surface area (TPSA) is 65.4 Å². The number of halogens is 1. The molecule has 0 fully saturated rings. The molecule has 0 aliphatic rings. The Kier molecular flexibility index (Phi) is 2.76. The first-order valence-electron chi connectivity index (χ1n) is 5.64. The molecule has 3 heterocycles. The number of ether oxygens (including phenoxy) is 1. The summed E-state index contributed by atoms with van der Waals surface area (Å²) in [7, 11) is 1.57. The Labute approximate surface area is 114 Å². The average molecular weight is 275 g/mol. The number of hydrogen-bond acceptors (Lipinski definition) is 4. The molecule has 0 saturated heterocycles. The molecule has 0 aliphatic heterocycles. The summed E-state index contributed by atoms with van der Waals surface area (Å²) in [6.07, 6.45) is 1.81. The number of hydrogen-bond donors (Lipinski definition) is 1. The van der Waals surface area contributed by atoms with E-state index in [2.05, 4.69) is 9.97 Å². The van der Waals surface area contributed by atoms with Gasteiger partial charge in [-0.15, -0.1) is 0 Å². The fraction of sp³-hybridized carbons (Fsp3) is 0.0769. The maximum Gasteiger partial charge on any atom is 0.213 e.